The quantitative estimate of drug-likeness (QED) is 0.383. The van der Waals surface area contributed by atoms with Gasteiger partial charge in [0.1, 0.15) is 5.52 Å². The van der Waals surface area contributed by atoms with E-state index in [0.29, 0.717) is 23.5 Å². The van der Waals surface area contributed by atoms with E-state index in [0.717, 1.165) is 53.3 Å². The number of hydrogen-bond acceptors (Lipinski definition) is 5. The molecule has 3 heterocycles. The summed E-state index contributed by atoms with van der Waals surface area (Å²) in [6.45, 7) is 3.20. The van der Waals surface area contributed by atoms with Crippen LogP contribution in [0.25, 0.3) is 21.8 Å². The van der Waals surface area contributed by atoms with Crippen molar-refractivity contribution in [3.05, 3.63) is 65.4 Å². The molecule has 0 saturated carbocycles. The number of nitrogen functional groups attached to an aromatic ring is 1. The number of fused-ring (bicyclic) bond motifs is 4. The summed E-state index contributed by atoms with van der Waals surface area (Å²) in [6, 6.07) is 15.0. The third-order valence-corrected chi connectivity index (χ3v) is 5.94. The molecule has 7 nitrogen and oxygen atoms in total. The number of nitrogens with zero attached hydrogens (tertiary/aromatic N) is 4. The third kappa shape index (κ3) is 3.04. The Bertz CT molecular complexity index is 1310. The van der Waals surface area contributed by atoms with E-state index in [1.54, 1.807) is 24.3 Å². The van der Waals surface area contributed by atoms with E-state index in [1.807, 2.05) is 28.9 Å². The Hall–Kier alpha value is -3.74. The smallest absolute Gasteiger partial charge is 0.261 e. The topological polar surface area (TPSA) is 94.1 Å². The summed E-state index contributed by atoms with van der Waals surface area (Å²) in [6.07, 6.45) is 2.33. The van der Waals surface area contributed by atoms with Crippen LogP contribution in [0.5, 0.6) is 0 Å². The molecule has 31 heavy (non-hydrogen) atoms. The van der Waals surface area contributed by atoms with Crippen molar-refractivity contribution in [1.82, 2.24) is 19.7 Å². The zero-order chi connectivity index (χ0) is 21.5. The highest BCUT2D eigenvalue weighted by Gasteiger charge is 2.34. The second kappa shape index (κ2) is 7.50. The van der Waals surface area contributed by atoms with E-state index in [2.05, 4.69) is 11.9 Å². The summed E-state index contributed by atoms with van der Waals surface area (Å²) in [7, 11) is 0. The largest absolute Gasteiger partial charge is 0.382 e. The van der Waals surface area contributed by atoms with Gasteiger partial charge in [-0.2, -0.15) is 5.10 Å². The van der Waals surface area contributed by atoms with E-state index in [4.69, 9.17) is 10.8 Å². The molecule has 1 aliphatic heterocycles. The van der Waals surface area contributed by atoms with Gasteiger partial charge in [0, 0.05) is 29.6 Å². The van der Waals surface area contributed by atoms with Gasteiger partial charge in [-0.25, -0.2) is 4.98 Å². The predicted molar refractivity (Wildman–Crippen MR) is 120 cm³/mol. The average molecular weight is 413 g/mol. The molecule has 0 radical (unpaired) electrons. The van der Waals surface area contributed by atoms with Gasteiger partial charge in [0.25, 0.3) is 11.8 Å². The van der Waals surface area contributed by atoms with Gasteiger partial charge in [-0.05, 0) is 44.4 Å². The minimum absolute atomic E-state index is 0.200. The fourth-order valence-corrected chi connectivity index (χ4v) is 4.44. The number of rotatable bonds is 6. The molecule has 5 rings (SSSR count). The van der Waals surface area contributed by atoms with Crippen LogP contribution in [0.3, 0.4) is 0 Å². The van der Waals surface area contributed by atoms with Gasteiger partial charge in [-0.1, -0.05) is 30.3 Å². The molecule has 4 aromatic rings. The lowest BCUT2D eigenvalue weighted by Crippen LogP contribution is -2.30. The van der Waals surface area contributed by atoms with E-state index in [-0.39, 0.29) is 11.8 Å². The van der Waals surface area contributed by atoms with E-state index < -0.39 is 0 Å². The standard InChI is InChI=1S/C24H23N5O2/c1-2-29-19(20-17-11-5-6-12-18(17)26-22(25)21(20)27-29)13-7-8-14-28-23(30)15-9-3-4-10-16(15)24(28)31/h3-6,9-12H,2,7-8,13-14H2,1H3,(H2,25,26). The number of para-hydroxylation sites is 1. The summed E-state index contributed by atoms with van der Waals surface area (Å²) >= 11 is 0. The first-order valence-electron chi connectivity index (χ1n) is 10.6. The fourth-order valence-electron chi connectivity index (χ4n) is 4.44. The number of amides is 2. The molecule has 0 bridgehead atoms. The molecule has 0 spiro atoms. The number of benzene rings is 2. The van der Waals surface area contributed by atoms with Crippen LogP contribution < -0.4 is 5.73 Å². The molecule has 2 N–H and O–H groups in total. The number of carbonyl (C=O) groups excluding carboxylic acids is 2. The summed E-state index contributed by atoms with van der Waals surface area (Å²) in [5.41, 5.74) is 9.90. The highest BCUT2D eigenvalue weighted by Crippen LogP contribution is 2.31. The number of hydrogen-bond donors (Lipinski definition) is 1. The molecular formula is C24H23N5O2. The summed E-state index contributed by atoms with van der Waals surface area (Å²) in [4.78, 5) is 31.0. The number of unbranched alkanes of at least 4 members (excludes halogenated alkanes) is 1. The second-order valence-electron chi connectivity index (χ2n) is 7.76. The zero-order valence-electron chi connectivity index (χ0n) is 17.3. The fraction of sp³-hybridized carbons (Fsp3) is 0.250. The number of carbonyl (C=O) groups is 2. The lowest BCUT2D eigenvalue weighted by Gasteiger charge is -2.14. The van der Waals surface area contributed by atoms with Crippen molar-refractivity contribution >= 4 is 39.4 Å². The van der Waals surface area contributed by atoms with Crippen LogP contribution in [-0.2, 0) is 13.0 Å². The molecule has 0 unspecified atom stereocenters. The van der Waals surface area contributed by atoms with E-state index >= 15 is 0 Å². The predicted octanol–water partition coefficient (Wildman–Crippen LogP) is 3.81. The lowest BCUT2D eigenvalue weighted by atomic mass is 10.1. The van der Waals surface area contributed by atoms with Crippen LogP contribution >= 0.6 is 0 Å². The first-order valence-corrected chi connectivity index (χ1v) is 10.6. The second-order valence-corrected chi connectivity index (χ2v) is 7.76. The van der Waals surface area contributed by atoms with Gasteiger partial charge in [-0.15, -0.1) is 0 Å². The zero-order valence-corrected chi connectivity index (χ0v) is 17.3. The minimum atomic E-state index is -0.200. The lowest BCUT2D eigenvalue weighted by molar-refractivity contribution is 0.0651. The van der Waals surface area contributed by atoms with Crippen molar-refractivity contribution in [3.63, 3.8) is 0 Å². The molecule has 0 aliphatic carbocycles. The van der Waals surface area contributed by atoms with E-state index in [9.17, 15) is 9.59 Å². The molecule has 2 aromatic carbocycles. The van der Waals surface area contributed by atoms with Crippen LogP contribution in [0.4, 0.5) is 5.82 Å². The molecule has 2 amide bonds. The number of nitrogens with two attached hydrogens (primary N) is 1. The van der Waals surface area contributed by atoms with E-state index in [1.165, 1.54) is 4.90 Å². The number of aryl methyl sites for hydroxylation is 2. The maximum absolute atomic E-state index is 12.6. The summed E-state index contributed by atoms with van der Waals surface area (Å²) in [5, 5.41) is 6.79. The molecule has 0 fully saturated rings. The molecular weight excluding hydrogens is 390 g/mol. The van der Waals surface area contributed by atoms with Crippen LogP contribution in [0.2, 0.25) is 0 Å². The number of imide groups is 1. The Morgan fingerprint density at radius 2 is 1.61 bits per heavy atom. The van der Waals surface area contributed by atoms with Gasteiger partial charge in [0.05, 0.1) is 16.6 Å². The van der Waals surface area contributed by atoms with Crippen LogP contribution in [0, 0.1) is 0 Å². The Morgan fingerprint density at radius 1 is 0.935 bits per heavy atom. The summed E-state index contributed by atoms with van der Waals surface area (Å²) < 4.78 is 1.98. The molecule has 156 valence electrons. The van der Waals surface area contributed by atoms with Gasteiger partial charge < -0.3 is 5.73 Å². The van der Waals surface area contributed by atoms with Gasteiger partial charge >= 0.3 is 0 Å². The number of anilines is 1. The first kappa shape index (κ1) is 19.2. The van der Waals surface area contributed by atoms with Gasteiger partial charge in [-0.3, -0.25) is 19.2 Å². The SMILES string of the molecule is CCn1nc2c(N)nc3ccccc3c2c1CCCCN1C(=O)c2ccccc2C1=O. The van der Waals surface area contributed by atoms with Crippen molar-refractivity contribution in [2.24, 2.45) is 0 Å². The number of pyridine rings is 1. The maximum atomic E-state index is 12.6. The molecule has 7 heteroatoms. The van der Waals surface area contributed by atoms with Crippen molar-refractivity contribution in [1.29, 1.82) is 0 Å². The minimum Gasteiger partial charge on any atom is -0.382 e. The molecule has 2 aromatic heterocycles. The monoisotopic (exact) mass is 413 g/mol. The van der Waals surface area contributed by atoms with Crippen LogP contribution in [0.15, 0.2) is 48.5 Å². The summed E-state index contributed by atoms with van der Waals surface area (Å²) in [5.74, 6) is 0.0390. The molecule has 1 aliphatic rings. The Balaban J connectivity index is 1.37. The van der Waals surface area contributed by atoms with Crippen LogP contribution in [0.1, 0.15) is 46.2 Å². The Morgan fingerprint density at radius 3 is 2.32 bits per heavy atom. The van der Waals surface area contributed by atoms with Gasteiger partial charge in [0.2, 0.25) is 0 Å². The van der Waals surface area contributed by atoms with Crippen molar-refractivity contribution in [2.45, 2.75) is 32.7 Å². The first-order chi connectivity index (χ1) is 15.1. The highest BCUT2D eigenvalue weighted by molar-refractivity contribution is 6.21. The average Bonchev–Trinajstić information content (AvgIpc) is 3.28. The van der Waals surface area contributed by atoms with Crippen LogP contribution in [-0.4, -0.2) is 38.0 Å². The van der Waals surface area contributed by atoms with Crippen molar-refractivity contribution in [2.75, 3.05) is 12.3 Å². The maximum Gasteiger partial charge on any atom is 0.261 e. The Kier molecular flexibility index (Phi) is 4.66. The normalized spacial score (nSPS) is 13.5. The Labute approximate surface area is 179 Å². The van der Waals surface area contributed by atoms with Crippen molar-refractivity contribution in [3.8, 4) is 0 Å². The highest BCUT2D eigenvalue weighted by atomic mass is 16.2. The van der Waals surface area contributed by atoms with Crippen molar-refractivity contribution < 1.29 is 9.59 Å². The number of aromatic nitrogens is 3. The third-order valence-electron chi connectivity index (χ3n) is 5.94. The molecule has 0 saturated heterocycles. The van der Waals surface area contributed by atoms with Gasteiger partial charge in [0.15, 0.2) is 5.82 Å². The molecule has 0 atom stereocenters.